The van der Waals surface area contributed by atoms with Crippen molar-refractivity contribution in [3.8, 4) is 5.75 Å². The van der Waals surface area contributed by atoms with Gasteiger partial charge in [0.2, 0.25) is 0 Å². The van der Waals surface area contributed by atoms with Crippen LogP contribution in [0.4, 0.5) is 11.4 Å². The highest BCUT2D eigenvalue weighted by Gasteiger charge is 2.01. The molecule has 4 heteroatoms. The van der Waals surface area contributed by atoms with E-state index in [2.05, 4.69) is 4.99 Å². The maximum atomic E-state index is 10.9. The molecule has 0 bridgehead atoms. The number of phenols is 1. The van der Waals surface area contributed by atoms with E-state index in [9.17, 15) is 9.90 Å². The Hall–Kier alpha value is -2.36. The summed E-state index contributed by atoms with van der Waals surface area (Å²) in [6.45, 7) is 0. The number of nitrogen functional groups attached to an aromatic ring is 1. The second-order valence-corrected chi connectivity index (χ2v) is 3.35. The molecule has 0 aliphatic heterocycles. The summed E-state index contributed by atoms with van der Waals surface area (Å²) in [5, 5.41) is 9.24. The number of rotatable bonds is 1. The molecule has 3 N–H and O–H groups in total. The van der Waals surface area contributed by atoms with Gasteiger partial charge in [0.15, 0.2) is 5.78 Å². The van der Waals surface area contributed by atoms with Crippen LogP contribution in [0.15, 0.2) is 47.5 Å². The van der Waals surface area contributed by atoms with E-state index in [0.29, 0.717) is 11.4 Å². The van der Waals surface area contributed by atoms with Crippen molar-refractivity contribution in [2.75, 3.05) is 5.73 Å². The van der Waals surface area contributed by atoms with Crippen molar-refractivity contribution >= 4 is 22.9 Å². The van der Waals surface area contributed by atoms with Gasteiger partial charge in [-0.3, -0.25) is 4.79 Å². The Kier molecular flexibility index (Phi) is 2.55. The van der Waals surface area contributed by atoms with Crippen LogP contribution in [0.3, 0.4) is 0 Å². The smallest absolute Gasteiger partial charge is 0.178 e. The Bertz CT molecular complexity index is 510. The molecule has 16 heavy (non-hydrogen) atoms. The number of nitrogens with two attached hydrogens (primary N) is 1. The second-order valence-electron chi connectivity index (χ2n) is 3.35. The maximum Gasteiger partial charge on any atom is 0.178 e. The summed E-state index contributed by atoms with van der Waals surface area (Å²) in [5.74, 6) is -0.0157. The molecule has 0 aromatic heterocycles. The van der Waals surface area contributed by atoms with Gasteiger partial charge in [-0.15, -0.1) is 0 Å². The first-order valence-corrected chi connectivity index (χ1v) is 4.72. The van der Waals surface area contributed by atoms with Gasteiger partial charge in [0, 0.05) is 0 Å². The molecule has 0 saturated carbocycles. The number of hydrogen-bond acceptors (Lipinski definition) is 4. The Morgan fingerprint density at radius 2 is 1.81 bits per heavy atom. The average molecular weight is 214 g/mol. The molecular formula is C12H10N2O2. The van der Waals surface area contributed by atoms with Crippen LogP contribution in [0.2, 0.25) is 0 Å². The Morgan fingerprint density at radius 1 is 1.12 bits per heavy atom. The van der Waals surface area contributed by atoms with Gasteiger partial charge < -0.3 is 10.8 Å². The third kappa shape index (κ3) is 2.17. The molecule has 80 valence electrons. The standard InChI is InChI=1S/C12H10N2O2/c13-11-7-9(3-6-12(11)16)14-8-1-4-10(15)5-2-8/h1-7,16H,13H2. The third-order valence-electron chi connectivity index (χ3n) is 2.11. The van der Waals surface area contributed by atoms with Crippen molar-refractivity contribution in [1.29, 1.82) is 0 Å². The van der Waals surface area contributed by atoms with Gasteiger partial charge in [-0.05, 0) is 42.5 Å². The molecule has 2 rings (SSSR count). The number of allylic oxidation sites excluding steroid dienone is 4. The fourth-order valence-electron chi connectivity index (χ4n) is 1.28. The van der Waals surface area contributed by atoms with E-state index in [1.54, 1.807) is 24.3 Å². The SMILES string of the molecule is Nc1cc(N=C2C=CC(=O)C=C2)ccc1O. The van der Waals surface area contributed by atoms with E-state index in [0.717, 1.165) is 0 Å². The molecule has 0 radical (unpaired) electrons. The van der Waals surface area contributed by atoms with Crippen molar-refractivity contribution in [2.45, 2.75) is 0 Å². The third-order valence-corrected chi connectivity index (χ3v) is 2.11. The van der Waals surface area contributed by atoms with Crippen LogP contribution >= 0.6 is 0 Å². The van der Waals surface area contributed by atoms with Gasteiger partial charge in [-0.2, -0.15) is 0 Å². The number of aliphatic imine (C=N–C) groups is 1. The van der Waals surface area contributed by atoms with Gasteiger partial charge in [0.05, 0.1) is 17.1 Å². The van der Waals surface area contributed by atoms with Gasteiger partial charge in [0.25, 0.3) is 0 Å². The fraction of sp³-hybridized carbons (Fsp3) is 0. The normalized spacial score (nSPS) is 14.2. The molecule has 0 amide bonds. The first-order chi connectivity index (χ1) is 7.65. The highest BCUT2D eigenvalue weighted by Crippen LogP contribution is 2.25. The van der Waals surface area contributed by atoms with E-state index in [1.165, 1.54) is 18.2 Å². The monoisotopic (exact) mass is 214 g/mol. The topological polar surface area (TPSA) is 75.7 Å². The molecule has 4 nitrogen and oxygen atoms in total. The minimum atomic E-state index is -0.0517. The van der Waals surface area contributed by atoms with E-state index in [1.807, 2.05) is 0 Å². The summed E-state index contributed by atoms with van der Waals surface area (Å²) < 4.78 is 0. The molecule has 1 aromatic carbocycles. The number of anilines is 1. The molecule has 1 aliphatic rings. The summed E-state index contributed by atoms with van der Waals surface area (Å²) in [5.41, 5.74) is 7.12. The molecule has 1 aromatic rings. The first kappa shape index (κ1) is 10.2. The molecule has 0 fully saturated rings. The van der Waals surface area contributed by atoms with Crippen LogP contribution in [0.25, 0.3) is 0 Å². The lowest BCUT2D eigenvalue weighted by Crippen LogP contribution is -1.98. The zero-order chi connectivity index (χ0) is 11.5. The van der Waals surface area contributed by atoms with Crippen LogP contribution < -0.4 is 5.73 Å². The fourth-order valence-corrected chi connectivity index (χ4v) is 1.28. The number of aromatic hydroxyl groups is 1. The lowest BCUT2D eigenvalue weighted by Gasteiger charge is -2.02. The minimum absolute atomic E-state index is 0.0360. The van der Waals surface area contributed by atoms with E-state index in [4.69, 9.17) is 5.73 Å². The zero-order valence-corrected chi connectivity index (χ0v) is 8.42. The largest absolute Gasteiger partial charge is 0.506 e. The Morgan fingerprint density at radius 3 is 2.44 bits per heavy atom. The molecule has 0 heterocycles. The van der Waals surface area contributed by atoms with Crippen molar-refractivity contribution in [3.05, 3.63) is 42.5 Å². The average Bonchev–Trinajstić information content (AvgIpc) is 2.27. The van der Waals surface area contributed by atoms with Crippen molar-refractivity contribution < 1.29 is 9.90 Å². The van der Waals surface area contributed by atoms with E-state index >= 15 is 0 Å². The van der Waals surface area contributed by atoms with Crippen molar-refractivity contribution in [1.82, 2.24) is 0 Å². The predicted octanol–water partition coefficient (Wildman–Crippen LogP) is 1.74. The van der Waals surface area contributed by atoms with Crippen LogP contribution in [0.1, 0.15) is 0 Å². The maximum absolute atomic E-state index is 10.9. The Labute approximate surface area is 92.4 Å². The van der Waals surface area contributed by atoms with Gasteiger partial charge in [-0.25, -0.2) is 4.99 Å². The molecule has 1 aliphatic carbocycles. The van der Waals surface area contributed by atoms with E-state index in [-0.39, 0.29) is 17.2 Å². The minimum Gasteiger partial charge on any atom is -0.506 e. The lowest BCUT2D eigenvalue weighted by molar-refractivity contribution is -0.110. The van der Waals surface area contributed by atoms with Crippen LogP contribution in [0, 0.1) is 0 Å². The molecule has 0 saturated heterocycles. The molecule has 0 unspecified atom stereocenters. The first-order valence-electron chi connectivity index (χ1n) is 4.72. The van der Waals surface area contributed by atoms with E-state index < -0.39 is 0 Å². The summed E-state index contributed by atoms with van der Waals surface area (Å²) in [7, 11) is 0. The molecule has 0 atom stereocenters. The summed E-state index contributed by atoms with van der Waals surface area (Å²) >= 11 is 0. The van der Waals surface area contributed by atoms with Crippen molar-refractivity contribution in [2.24, 2.45) is 4.99 Å². The summed E-state index contributed by atoms with van der Waals surface area (Å²) in [6.07, 6.45) is 6.15. The van der Waals surface area contributed by atoms with Crippen LogP contribution in [-0.2, 0) is 4.79 Å². The summed E-state index contributed by atoms with van der Waals surface area (Å²) in [6, 6.07) is 4.70. The number of nitrogens with zero attached hydrogens (tertiary/aromatic N) is 1. The zero-order valence-electron chi connectivity index (χ0n) is 8.42. The molecule has 0 spiro atoms. The number of hydrogen-bond donors (Lipinski definition) is 2. The van der Waals surface area contributed by atoms with Gasteiger partial charge in [0.1, 0.15) is 5.75 Å². The van der Waals surface area contributed by atoms with Gasteiger partial charge >= 0.3 is 0 Å². The highest BCUT2D eigenvalue weighted by molar-refractivity contribution is 6.17. The predicted molar refractivity (Wildman–Crippen MR) is 62.9 cm³/mol. The lowest BCUT2D eigenvalue weighted by atomic mass is 10.1. The highest BCUT2D eigenvalue weighted by atomic mass is 16.3. The summed E-state index contributed by atoms with van der Waals surface area (Å²) in [4.78, 5) is 15.1. The number of carbonyl (C=O) groups is 1. The number of carbonyl (C=O) groups excluding carboxylic acids is 1. The van der Waals surface area contributed by atoms with Crippen LogP contribution in [0.5, 0.6) is 5.75 Å². The second kappa shape index (κ2) is 4.02. The quantitative estimate of drug-likeness (QED) is 0.424. The number of phenolic OH excluding ortho intramolecular Hbond substituents is 1. The van der Waals surface area contributed by atoms with Crippen molar-refractivity contribution in [3.63, 3.8) is 0 Å². The van der Waals surface area contributed by atoms with Gasteiger partial charge in [-0.1, -0.05) is 0 Å². The van der Waals surface area contributed by atoms with Crippen LogP contribution in [-0.4, -0.2) is 16.6 Å². The number of ketones is 1. The molecular weight excluding hydrogens is 204 g/mol. The number of benzene rings is 1. The Balaban J connectivity index is 2.30.